The Labute approximate surface area is 244 Å². The maximum atomic E-state index is 12.6. The predicted molar refractivity (Wildman–Crippen MR) is 158 cm³/mol. The minimum absolute atomic E-state index is 0.190. The van der Waals surface area contributed by atoms with Crippen LogP contribution in [0.1, 0.15) is 16.7 Å². The van der Waals surface area contributed by atoms with E-state index in [9.17, 15) is 10.1 Å². The first-order valence-corrected chi connectivity index (χ1v) is 14.5. The van der Waals surface area contributed by atoms with Crippen molar-refractivity contribution in [1.29, 1.82) is 0 Å². The minimum atomic E-state index is -1.17. The normalized spacial score (nSPS) is 22.3. The number of hydrogen-bond acceptors (Lipinski definition) is 7. The largest absolute Gasteiger partial charge is 0.374 e. The molecule has 0 bridgehead atoms. The fourth-order valence-electron chi connectivity index (χ4n) is 4.77. The average molecular weight is 572 g/mol. The third kappa shape index (κ3) is 8.25. The van der Waals surface area contributed by atoms with E-state index in [-0.39, 0.29) is 24.7 Å². The number of rotatable bonds is 13. The van der Waals surface area contributed by atoms with Crippen molar-refractivity contribution in [2.24, 2.45) is 0 Å². The zero-order chi connectivity index (χ0) is 28.3. The fourth-order valence-corrected chi connectivity index (χ4v) is 5.95. The quantitative estimate of drug-likeness (QED) is 0.133. The van der Waals surface area contributed by atoms with Crippen LogP contribution in [0.25, 0.3) is 0 Å². The van der Waals surface area contributed by atoms with Crippen LogP contribution in [0, 0.1) is 10.1 Å². The smallest absolute Gasteiger partial charge is 0.276 e. The Hall–Kier alpha value is -3.53. The molecule has 0 aliphatic carbocycles. The molecule has 212 valence electrons. The lowest BCUT2D eigenvalue weighted by Gasteiger charge is -2.42. The third-order valence-corrected chi connectivity index (χ3v) is 7.98. The van der Waals surface area contributed by atoms with E-state index in [1.54, 1.807) is 0 Å². The SMILES string of the molecule is O=[N+]([O-])[C@@H]1[C@@H](OCc2ccccc2)[C@H](OCc2ccccc2)[C@@H](COCc2ccccc2)O[C@@H]1Sc1ccccc1. The van der Waals surface area contributed by atoms with Gasteiger partial charge in [-0.1, -0.05) is 121 Å². The second-order valence-corrected chi connectivity index (χ2v) is 10.9. The molecule has 41 heavy (non-hydrogen) atoms. The van der Waals surface area contributed by atoms with Crippen LogP contribution < -0.4 is 0 Å². The Morgan fingerprint density at radius 3 is 1.63 bits per heavy atom. The van der Waals surface area contributed by atoms with E-state index in [0.717, 1.165) is 21.6 Å². The van der Waals surface area contributed by atoms with Gasteiger partial charge in [0.2, 0.25) is 0 Å². The van der Waals surface area contributed by atoms with Crippen LogP contribution in [0.5, 0.6) is 0 Å². The number of hydrogen-bond donors (Lipinski definition) is 0. The molecule has 0 unspecified atom stereocenters. The topological polar surface area (TPSA) is 80.1 Å². The van der Waals surface area contributed by atoms with Crippen molar-refractivity contribution >= 4 is 11.8 Å². The highest BCUT2D eigenvalue weighted by molar-refractivity contribution is 7.99. The van der Waals surface area contributed by atoms with Gasteiger partial charge in [-0.25, -0.2) is 0 Å². The van der Waals surface area contributed by atoms with E-state index in [1.807, 2.05) is 121 Å². The van der Waals surface area contributed by atoms with E-state index in [4.69, 9.17) is 18.9 Å². The van der Waals surface area contributed by atoms with Gasteiger partial charge < -0.3 is 18.9 Å². The molecule has 0 saturated carbocycles. The molecule has 5 atom stereocenters. The number of nitro groups is 1. The highest BCUT2D eigenvalue weighted by atomic mass is 32.2. The Kier molecular flexibility index (Phi) is 10.5. The van der Waals surface area contributed by atoms with Gasteiger partial charge in [0.05, 0.1) is 26.4 Å². The van der Waals surface area contributed by atoms with E-state index in [0.29, 0.717) is 6.61 Å². The lowest BCUT2D eigenvalue weighted by atomic mass is 9.97. The van der Waals surface area contributed by atoms with Crippen LogP contribution in [0.15, 0.2) is 126 Å². The van der Waals surface area contributed by atoms with Gasteiger partial charge in [-0.3, -0.25) is 10.1 Å². The summed E-state index contributed by atoms with van der Waals surface area (Å²) in [5.41, 5.74) is 2.10. The summed E-state index contributed by atoms with van der Waals surface area (Å²) in [6, 6.07) is 37.6. The summed E-state index contributed by atoms with van der Waals surface area (Å²) in [5, 5.41) is 12.6. The van der Waals surface area contributed by atoms with Crippen molar-refractivity contribution in [3.8, 4) is 0 Å². The molecule has 0 aromatic heterocycles. The molecule has 0 spiro atoms. The molecule has 4 aromatic carbocycles. The average Bonchev–Trinajstić information content (AvgIpc) is 3.01. The highest BCUT2D eigenvalue weighted by Gasteiger charge is 2.54. The molecular formula is C33H33NO6S. The molecule has 0 amide bonds. The molecular weight excluding hydrogens is 538 g/mol. The summed E-state index contributed by atoms with van der Waals surface area (Å²) < 4.78 is 25.4. The van der Waals surface area contributed by atoms with Crippen LogP contribution in [0.3, 0.4) is 0 Å². The molecule has 0 radical (unpaired) electrons. The molecule has 1 fully saturated rings. The molecule has 8 heteroatoms. The summed E-state index contributed by atoms with van der Waals surface area (Å²) in [7, 11) is 0. The third-order valence-electron chi connectivity index (χ3n) is 6.82. The molecule has 1 aliphatic rings. The predicted octanol–water partition coefficient (Wildman–Crippen LogP) is 6.54. The summed E-state index contributed by atoms with van der Waals surface area (Å²) in [4.78, 5) is 13.2. The summed E-state index contributed by atoms with van der Waals surface area (Å²) in [5.74, 6) is 0. The monoisotopic (exact) mass is 571 g/mol. The summed E-state index contributed by atoms with van der Waals surface area (Å²) in [6.07, 6.45) is -2.22. The zero-order valence-corrected chi connectivity index (χ0v) is 23.4. The van der Waals surface area contributed by atoms with Crippen molar-refractivity contribution in [3.63, 3.8) is 0 Å². The number of thioether (sulfide) groups is 1. The lowest BCUT2D eigenvalue weighted by Crippen LogP contribution is -2.62. The van der Waals surface area contributed by atoms with Crippen LogP contribution in [-0.2, 0) is 38.8 Å². The van der Waals surface area contributed by atoms with Crippen LogP contribution in [0.2, 0.25) is 0 Å². The molecule has 1 saturated heterocycles. The zero-order valence-electron chi connectivity index (χ0n) is 22.6. The van der Waals surface area contributed by atoms with Gasteiger partial charge in [-0.05, 0) is 28.8 Å². The molecule has 4 aromatic rings. The molecule has 0 N–H and O–H groups in total. The Morgan fingerprint density at radius 2 is 1.12 bits per heavy atom. The Balaban J connectivity index is 1.43. The van der Waals surface area contributed by atoms with E-state index < -0.39 is 29.8 Å². The van der Waals surface area contributed by atoms with Crippen LogP contribution in [-0.4, -0.2) is 41.3 Å². The molecule has 1 aliphatic heterocycles. The maximum absolute atomic E-state index is 12.6. The molecule has 5 rings (SSSR count). The van der Waals surface area contributed by atoms with Gasteiger partial charge in [0.1, 0.15) is 12.2 Å². The first kappa shape index (κ1) is 29.0. The Morgan fingerprint density at radius 1 is 0.659 bits per heavy atom. The second-order valence-electron chi connectivity index (χ2n) is 9.77. The maximum Gasteiger partial charge on any atom is 0.276 e. The lowest BCUT2D eigenvalue weighted by molar-refractivity contribution is -0.555. The van der Waals surface area contributed by atoms with Crippen molar-refractivity contribution in [3.05, 3.63) is 148 Å². The Bertz CT molecular complexity index is 1330. The van der Waals surface area contributed by atoms with Gasteiger partial charge in [0.25, 0.3) is 6.04 Å². The minimum Gasteiger partial charge on any atom is -0.374 e. The van der Waals surface area contributed by atoms with Crippen molar-refractivity contribution in [2.75, 3.05) is 6.61 Å². The summed E-state index contributed by atoms with van der Waals surface area (Å²) >= 11 is 1.32. The van der Waals surface area contributed by atoms with Gasteiger partial charge in [0, 0.05) is 9.82 Å². The first-order valence-electron chi connectivity index (χ1n) is 13.6. The first-order chi connectivity index (χ1) is 20.2. The number of ether oxygens (including phenoxy) is 4. The van der Waals surface area contributed by atoms with Gasteiger partial charge in [0.15, 0.2) is 11.5 Å². The highest BCUT2D eigenvalue weighted by Crippen LogP contribution is 2.37. The van der Waals surface area contributed by atoms with E-state index >= 15 is 0 Å². The van der Waals surface area contributed by atoms with Crippen LogP contribution >= 0.6 is 11.8 Å². The van der Waals surface area contributed by atoms with Crippen molar-refractivity contribution in [2.45, 2.75) is 54.5 Å². The van der Waals surface area contributed by atoms with E-state index in [2.05, 4.69) is 0 Å². The summed E-state index contributed by atoms with van der Waals surface area (Å²) in [6.45, 7) is 1.05. The van der Waals surface area contributed by atoms with Crippen molar-refractivity contribution in [1.82, 2.24) is 0 Å². The van der Waals surface area contributed by atoms with Gasteiger partial charge in [-0.2, -0.15) is 0 Å². The molecule has 7 nitrogen and oxygen atoms in total. The van der Waals surface area contributed by atoms with Crippen molar-refractivity contribution < 1.29 is 23.9 Å². The van der Waals surface area contributed by atoms with Crippen LogP contribution in [0.4, 0.5) is 0 Å². The van der Waals surface area contributed by atoms with Gasteiger partial charge >= 0.3 is 0 Å². The fraction of sp³-hybridized carbons (Fsp3) is 0.273. The standard InChI is InChI=1S/C33H33NO6S/c35-34(36)30-32(39-23-27-17-9-3-10-18-27)31(38-22-26-15-7-2-8-16-26)29(24-37-21-25-13-5-1-6-14-25)40-33(30)41-28-19-11-4-12-20-28/h1-20,29-33H,21-24H2/t29-,30-,31-,32-,33-/m1/s1. The number of benzene rings is 4. The molecule has 1 heterocycles. The second kappa shape index (κ2) is 14.9. The number of nitrogens with zero attached hydrogens (tertiary/aromatic N) is 1. The van der Waals surface area contributed by atoms with Gasteiger partial charge in [-0.15, -0.1) is 0 Å². The van der Waals surface area contributed by atoms with E-state index in [1.165, 1.54) is 11.8 Å².